The number of halogens is 1. The Labute approximate surface area is 184 Å². The van der Waals surface area contributed by atoms with Crippen molar-refractivity contribution >= 4 is 30.0 Å². The van der Waals surface area contributed by atoms with Crippen LogP contribution >= 0.6 is 23.8 Å². The molecule has 0 unspecified atom stereocenters. The predicted molar refractivity (Wildman–Crippen MR) is 124 cm³/mol. The third-order valence-corrected chi connectivity index (χ3v) is 5.36. The van der Waals surface area contributed by atoms with Crippen molar-refractivity contribution in [3.63, 3.8) is 0 Å². The third kappa shape index (κ3) is 8.31. The van der Waals surface area contributed by atoms with Crippen molar-refractivity contribution in [3.05, 3.63) is 39.4 Å². The lowest BCUT2D eigenvalue weighted by Crippen LogP contribution is -2.00. The topological polar surface area (TPSA) is 55.2 Å². The minimum absolute atomic E-state index is 0.484. The molecular weight excluding hydrogens is 404 g/mol. The van der Waals surface area contributed by atoms with E-state index in [0.29, 0.717) is 9.79 Å². The molecule has 0 aliphatic rings. The molecule has 2 rings (SSSR count). The fourth-order valence-corrected chi connectivity index (χ4v) is 3.43. The lowest BCUT2D eigenvalue weighted by atomic mass is 10.1. The maximum absolute atomic E-state index is 6.41. The zero-order valence-corrected chi connectivity index (χ0v) is 19.2. The second kappa shape index (κ2) is 13.5. The van der Waals surface area contributed by atoms with Gasteiger partial charge in [-0.05, 0) is 43.3 Å². The van der Waals surface area contributed by atoms with Crippen molar-refractivity contribution in [2.75, 3.05) is 6.61 Å². The van der Waals surface area contributed by atoms with Crippen molar-refractivity contribution < 1.29 is 4.74 Å². The van der Waals surface area contributed by atoms with Gasteiger partial charge in [-0.15, -0.1) is 0 Å². The van der Waals surface area contributed by atoms with Crippen molar-refractivity contribution in [2.45, 2.75) is 78.1 Å². The molecule has 7 heteroatoms. The van der Waals surface area contributed by atoms with Crippen LogP contribution in [0, 0.1) is 4.77 Å². The number of aromatic amines is 1. The Hall–Kier alpha value is -1.66. The zero-order chi connectivity index (χ0) is 20.9. The van der Waals surface area contributed by atoms with E-state index < -0.39 is 0 Å². The Morgan fingerprint density at radius 3 is 2.55 bits per heavy atom. The van der Waals surface area contributed by atoms with Crippen LogP contribution in [0.15, 0.2) is 23.3 Å². The lowest BCUT2D eigenvalue weighted by Gasteiger charge is -2.08. The molecule has 0 aliphatic heterocycles. The summed E-state index contributed by atoms with van der Waals surface area (Å²) in [6, 6.07) is 5.69. The van der Waals surface area contributed by atoms with E-state index in [4.69, 9.17) is 28.6 Å². The van der Waals surface area contributed by atoms with Gasteiger partial charge in [0.25, 0.3) is 0 Å². The van der Waals surface area contributed by atoms with Crippen LogP contribution in [0.4, 0.5) is 0 Å². The van der Waals surface area contributed by atoms with Crippen LogP contribution in [0.3, 0.4) is 0 Å². The molecule has 5 nitrogen and oxygen atoms in total. The summed E-state index contributed by atoms with van der Waals surface area (Å²) in [6.45, 7) is 5.11. The first-order valence-corrected chi connectivity index (χ1v) is 11.6. The van der Waals surface area contributed by atoms with E-state index in [0.717, 1.165) is 49.4 Å². The molecule has 29 heavy (non-hydrogen) atoms. The molecule has 0 radical (unpaired) electrons. The average Bonchev–Trinajstić information content (AvgIpc) is 3.07. The summed E-state index contributed by atoms with van der Waals surface area (Å²) in [6.07, 6.45) is 13.6. The second-order valence-electron chi connectivity index (χ2n) is 7.26. The molecule has 0 bridgehead atoms. The number of H-pyrrole nitrogens is 1. The first kappa shape index (κ1) is 23.6. The summed E-state index contributed by atoms with van der Waals surface area (Å²) in [7, 11) is 0. The first-order chi connectivity index (χ1) is 14.2. The number of rotatable bonds is 14. The average molecular weight is 437 g/mol. The molecule has 0 spiro atoms. The van der Waals surface area contributed by atoms with Crippen LogP contribution in [0.5, 0.6) is 5.75 Å². The largest absolute Gasteiger partial charge is 0.494 e. The van der Waals surface area contributed by atoms with Gasteiger partial charge in [0, 0.05) is 12.0 Å². The fourth-order valence-electron chi connectivity index (χ4n) is 3.01. The molecular formula is C22H33ClN4OS. The van der Waals surface area contributed by atoms with Crippen molar-refractivity contribution in [1.82, 2.24) is 14.9 Å². The molecule has 1 heterocycles. The van der Waals surface area contributed by atoms with Gasteiger partial charge in [-0.2, -0.15) is 14.9 Å². The number of hydrogen-bond donors (Lipinski definition) is 1. The highest BCUT2D eigenvalue weighted by Crippen LogP contribution is 2.22. The van der Waals surface area contributed by atoms with Gasteiger partial charge in [-0.1, -0.05) is 70.4 Å². The van der Waals surface area contributed by atoms with Crippen molar-refractivity contribution in [3.8, 4) is 5.75 Å². The van der Waals surface area contributed by atoms with Crippen molar-refractivity contribution in [1.29, 1.82) is 0 Å². The number of nitrogens with zero attached hydrogens (tertiary/aromatic N) is 3. The molecule has 1 aromatic carbocycles. The SMILES string of the molecule is CCCCCCCCCOc1ccc(/C=N\n2c(CCCC)n[nH]c2=S)c(Cl)c1. The molecule has 0 fully saturated rings. The highest BCUT2D eigenvalue weighted by Gasteiger charge is 2.05. The summed E-state index contributed by atoms with van der Waals surface area (Å²) in [5, 5.41) is 12.1. The van der Waals surface area contributed by atoms with E-state index >= 15 is 0 Å². The van der Waals surface area contributed by atoms with Gasteiger partial charge in [-0.3, -0.25) is 5.10 Å². The predicted octanol–water partition coefficient (Wildman–Crippen LogP) is 6.95. The monoisotopic (exact) mass is 436 g/mol. The van der Waals surface area contributed by atoms with E-state index in [1.807, 2.05) is 18.2 Å². The maximum Gasteiger partial charge on any atom is 0.216 e. The van der Waals surface area contributed by atoms with E-state index in [9.17, 15) is 0 Å². The van der Waals surface area contributed by atoms with E-state index in [1.165, 1.54) is 38.5 Å². The lowest BCUT2D eigenvalue weighted by molar-refractivity contribution is 0.304. The minimum Gasteiger partial charge on any atom is -0.494 e. The Kier molecular flexibility index (Phi) is 11.0. The summed E-state index contributed by atoms with van der Waals surface area (Å²) in [5.41, 5.74) is 0.819. The number of ether oxygens (including phenoxy) is 1. The van der Waals surface area contributed by atoms with Gasteiger partial charge in [0.15, 0.2) is 5.82 Å². The fraction of sp³-hybridized carbons (Fsp3) is 0.591. The van der Waals surface area contributed by atoms with E-state index in [2.05, 4.69) is 29.1 Å². The number of nitrogens with one attached hydrogen (secondary N) is 1. The molecule has 0 aliphatic carbocycles. The van der Waals surface area contributed by atoms with Crippen LogP contribution in [0.1, 0.15) is 83.0 Å². The number of benzene rings is 1. The molecule has 0 saturated heterocycles. The Balaban J connectivity index is 1.84. The Bertz CT molecular complexity index is 815. The Morgan fingerprint density at radius 1 is 1.10 bits per heavy atom. The first-order valence-electron chi connectivity index (χ1n) is 10.8. The smallest absolute Gasteiger partial charge is 0.216 e. The highest BCUT2D eigenvalue weighted by molar-refractivity contribution is 7.71. The normalized spacial score (nSPS) is 11.4. The van der Waals surface area contributed by atoms with Gasteiger partial charge < -0.3 is 4.74 Å². The van der Waals surface area contributed by atoms with Crippen LogP contribution in [0.25, 0.3) is 0 Å². The number of hydrogen-bond acceptors (Lipinski definition) is 4. The van der Waals surface area contributed by atoms with E-state index in [-0.39, 0.29) is 0 Å². The Morgan fingerprint density at radius 2 is 1.83 bits per heavy atom. The minimum atomic E-state index is 0.484. The number of unbranched alkanes of at least 4 members (excludes halogenated alkanes) is 7. The van der Waals surface area contributed by atoms with Crippen LogP contribution in [-0.2, 0) is 6.42 Å². The summed E-state index contributed by atoms with van der Waals surface area (Å²) in [4.78, 5) is 0. The van der Waals surface area contributed by atoms with Gasteiger partial charge in [0.1, 0.15) is 5.75 Å². The van der Waals surface area contributed by atoms with Gasteiger partial charge in [-0.25, -0.2) is 0 Å². The standard InChI is InChI=1S/C22H33ClN4OS/c1-3-5-7-8-9-10-11-15-28-19-14-13-18(20(23)16-19)17-24-27-21(12-6-4-2)25-26-22(27)29/h13-14,16-17H,3-12,15H2,1-2H3,(H,26,29)/b24-17-. The van der Waals surface area contributed by atoms with E-state index in [1.54, 1.807) is 10.9 Å². The summed E-state index contributed by atoms with van der Waals surface area (Å²) < 4.78 is 7.98. The van der Waals surface area contributed by atoms with Crippen LogP contribution < -0.4 is 4.74 Å². The summed E-state index contributed by atoms with van der Waals surface area (Å²) in [5.74, 6) is 1.63. The molecule has 160 valence electrons. The molecule has 1 aromatic heterocycles. The van der Waals surface area contributed by atoms with Crippen molar-refractivity contribution in [2.24, 2.45) is 5.10 Å². The quantitative estimate of drug-likeness (QED) is 0.198. The van der Waals surface area contributed by atoms with Crippen LogP contribution in [0.2, 0.25) is 5.02 Å². The van der Waals surface area contributed by atoms with Gasteiger partial charge in [0.2, 0.25) is 4.77 Å². The molecule has 2 aromatic rings. The van der Waals surface area contributed by atoms with Crippen LogP contribution in [-0.4, -0.2) is 27.7 Å². The maximum atomic E-state index is 6.41. The zero-order valence-electron chi connectivity index (χ0n) is 17.6. The third-order valence-electron chi connectivity index (χ3n) is 4.77. The molecule has 0 atom stereocenters. The summed E-state index contributed by atoms with van der Waals surface area (Å²) >= 11 is 11.7. The number of aromatic nitrogens is 3. The molecule has 1 N–H and O–H groups in total. The van der Waals surface area contributed by atoms with Gasteiger partial charge >= 0.3 is 0 Å². The van der Waals surface area contributed by atoms with Gasteiger partial charge in [0.05, 0.1) is 17.8 Å². The molecule has 0 saturated carbocycles. The highest BCUT2D eigenvalue weighted by atomic mass is 35.5. The second-order valence-corrected chi connectivity index (χ2v) is 8.05. The molecule has 0 amide bonds. The number of aryl methyl sites for hydroxylation is 1.